The Morgan fingerprint density at radius 3 is 2.87 bits per heavy atom. The van der Waals surface area contributed by atoms with Gasteiger partial charge in [0.05, 0.1) is 0 Å². The van der Waals surface area contributed by atoms with E-state index in [9.17, 15) is 0 Å². The zero-order chi connectivity index (χ0) is 11.1. The van der Waals surface area contributed by atoms with Crippen molar-refractivity contribution in [1.82, 2.24) is 10.2 Å². The molecule has 0 saturated carbocycles. The molecular weight excluding hydrogens is 184 g/mol. The lowest BCUT2D eigenvalue weighted by Crippen LogP contribution is -2.47. The first kappa shape index (κ1) is 13.0. The minimum Gasteiger partial charge on any atom is -0.310 e. The molecule has 0 aromatic heterocycles. The normalized spacial score (nSPS) is 25.4. The van der Waals surface area contributed by atoms with Gasteiger partial charge in [-0.1, -0.05) is 26.2 Å². The van der Waals surface area contributed by atoms with E-state index in [1.54, 1.807) is 0 Å². The summed E-state index contributed by atoms with van der Waals surface area (Å²) in [5, 5.41) is 3.77. The van der Waals surface area contributed by atoms with Gasteiger partial charge < -0.3 is 10.2 Å². The fourth-order valence-electron chi connectivity index (χ4n) is 2.49. The molecule has 1 aliphatic heterocycles. The molecule has 1 heterocycles. The van der Waals surface area contributed by atoms with Crippen LogP contribution in [-0.2, 0) is 0 Å². The maximum atomic E-state index is 3.77. The average molecular weight is 212 g/mol. The molecule has 0 radical (unpaired) electrons. The number of likely N-dealkylation sites (N-methyl/N-ethyl adjacent to an activating group) is 1. The first-order valence-corrected chi connectivity index (χ1v) is 6.67. The second-order valence-electron chi connectivity index (χ2n) is 5.16. The molecule has 0 bridgehead atoms. The van der Waals surface area contributed by atoms with E-state index >= 15 is 0 Å². The van der Waals surface area contributed by atoms with E-state index in [2.05, 4.69) is 31.1 Å². The Morgan fingerprint density at radius 2 is 2.20 bits per heavy atom. The molecule has 1 N–H and O–H groups in total. The van der Waals surface area contributed by atoms with Crippen molar-refractivity contribution in [3.05, 3.63) is 0 Å². The van der Waals surface area contributed by atoms with Crippen LogP contribution in [0.15, 0.2) is 0 Å². The van der Waals surface area contributed by atoms with Crippen molar-refractivity contribution >= 4 is 0 Å². The SMILES string of the molecule is CCCCCC(C)NC1CCCN(C)C1. The molecule has 1 fully saturated rings. The summed E-state index contributed by atoms with van der Waals surface area (Å²) in [6.45, 7) is 7.12. The third-order valence-electron chi connectivity index (χ3n) is 3.39. The van der Waals surface area contributed by atoms with Crippen molar-refractivity contribution in [2.24, 2.45) is 0 Å². The number of nitrogens with zero attached hydrogens (tertiary/aromatic N) is 1. The summed E-state index contributed by atoms with van der Waals surface area (Å²) in [6, 6.07) is 1.44. The summed E-state index contributed by atoms with van der Waals surface area (Å²) in [4.78, 5) is 2.44. The van der Waals surface area contributed by atoms with Gasteiger partial charge in [0.15, 0.2) is 0 Å². The van der Waals surface area contributed by atoms with Crippen molar-refractivity contribution in [2.45, 2.75) is 64.5 Å². The van der Waals surface area contributed by atoms with Crippen LogP contribution in [0.25, 0.3) is 0 Å². The molecule has 0 amide bonds. The van der Waals surface area contributed by atoms with Gasteiger partial charge in [0.1, 0.15) is 0 Å². The molecule has 2 heteroatoms. The monoisotopic (exact) mass is 212 g/mol. The first-order chi connectivity index (χ1) is 7.22. The third-order valence-corrected chi connectivity index (χ3v) is 3.39. The number of nitrogens with one attached hydrogen (secondary N) is 1. The minimum absolute atomic E-state index is 0.702. The quantitative estimate of drug-likeness (QED) is 0.681. The molecule has 0 aromatic rings. The fourth-order valence-corrected chi connectivity index (χ4v) is 2.49. The van der Waals surface area contributed by atoms with Crippen molar-refractivity contribution in [3.8, 4) is 0 Å². The molecule has 15 heavy (non-hydrogen) atoms. The van der Waals surface area contributed by atoms with E-state index in [1.165, 1.54) is 51.6 Å². The van der Waals surface area contributed by atoms with Gasteiger partial charge in [0, 0.05) is 18.6 Å². The summed E-state index contributed by atoms with van der Waals surface area (Å²) >= 11 is 0. The van der Waals surface area contributed by atoms with Crippen LogP contribution in [0.5, 0.6) is 0 Å². The fraction of sp³-hybridized carbons (Fsp3) is 1.00. The Bertz CT molecular complexity index is 159. The predicted molar refractivity (Wildman–Crippen MR) is 67.3 cm³/mol. The second kappa shape index (κ2) is 7.24. The van der Waals surface area contributed by atoms with Crippen LogP contribution in [-0.4, -0.2) is 37.1 Å². The summed E-state index contributed by atoms with van der Waals surface area (Å²) in [5.74, 6) is 0. The molecule has 0 aromatic carbocycles. The van der Waals surface area contributed by atoms with E-state index in [1.807, 2.05) is 0 Å². The van der Waals surface area contributed by atoms with Crippen molar-refractivity contribution < 1.29 is 0 Å². The van der Waals surface area contributed by atoms with Gasteiger partial charge >= 0.3 is 0 Å². The predicted octanol–water partition coefficient (Wildman–Crippen LogP) is 2.64. The molecular formula is C13H28N2. The summed E-state index contributed by atoms with van der Waals surface area (Å²) in [5.41, 5.74) is 0. The Morgan fingerprint density at radius 1 is 1.40 bits per heavy atom. The zero-order valence-electron chi connectivity index (χ0n) is 10.8. The van der Waals surface area contributed by atoms with E-state index < -0.39 is 0 Å². The Kier molecular flexibility index (Phi) is 6.26. The number of hydrogen-bond donors (Lipinski definition) is 1. The van der Waals surface area contributed by atoms with Crippen molar-refractivity contribution in [1.29, 1.82) is 0 Å². The van der Waals surface area contributed by atoms with Crippen LogP contribution >= 0.6 is 0 Å². The number of piperidine rings is 1. The maximum Gasteiger partial charge on any atom is 0.0197 e. The highest BCUT2D eigenvalue weighted by molar-refractivity contribution is 4.78. The van der Waals surface area contributed by atoms with Crippen LogP contribution in [0.1, 0.15) is 52.4 Å². The lowest BCUT2D eigenvalue weighted by atomic mass is 10.0. The van der Waals surface area contributed by atoms with E-state index in [0.717, 1.165) is 6.04 Å². The van der Waals surface area contributed by atoms with E-state index in [-0.39, 0.29) is 0 Å². The number of likely N-dealkylation sites (tertiary alicyclic amines) is 1. The van der Waals surface area contributed by atoms with E-state index in [0.29, 0.717) is 6.04 Å². The molecule has 1 rings (SSSR count). The van der Waals surface area contributed by atoms with Crippen LogP contribution in [0, 0.1) is 0 Å². The first-order valence-electron chi connectivity index (χ1n) is 6.67. The van der Waals surface area contributed by atoms with Crippen molar-refractivity contribution in [3.63, 3.8) is 0 Å². The van der Waals surface area contributed by atoms with Crippen molar-refractivity contribution in [2.75, 3.05) is 20.1 Å². The lowest BCUT2D eigenvalue weighted by molar-refractivity contribution is 0.216. The Hall–Kier alpha value is -0.0800. The average Bonchev–Trinajstić information content (AvgIpc) is 2.18. The second-order valence-corrected chi connectivity index (χ2v) is 5.16. The molecule has 1 aliphatic rings. The standard InChI is InChI=1S/C13H28N2/c1-4-5-6-8-12(2)14-13-9-7-10-15(3)11-13/h12-14H,4-11H2,1-3H3. The van der Waals surface area contributed by atoms with Gasteiger partial charge in [-0.05, 0) is 39.8 Å². The Labute approximate surface area is 95.4 Å². The molecule has 2 nitrogen and oxygen atoms in total. The van der Waals surface area contributed by atoms with Crippen LogP contribution in [0.2, 0.25) is 0 Å². The zero-order valence-corrected chi connectivity index (χ0v) is 10.8. The minimum atomic E-state index is 0.702. The summed E-state index contributed by atoms with van der Waals surface area (Å²) in [6.07, 6.45) is 8.16. The number of unbranched alkanes of at least 4 members (excludes halogenated alkanes) is 2. The molecule has 0 spiro atoms. The van der Waals surface area contributed by atoms with Gasteiger partial charge in [-0.25, -0.2) is 0 Å². The van der Waals surface area contributed by atoms with Crippen LogP contribution in [0.3, 0.4) is 0 Å². The molecule has 2 unspecified atom stereocenters. The molecule has 2 atom stereocenters. The van der Waals surface area contributed by atoms with Crippen LogP contribution < -0.4 is 5.32 Å². The highest BCUT2D eigenvalue weighted by Gasteiger charge is 2.18. The van der Waals surface area contributed by atoms with Gasteiger partial charge in [-0.15, -0.1) is 0 Å². The highest BCUT2D eigenvalue weighted by atomic mass is 15.1. The smallest absolute Gasteiger partial charge is 0.0197 e. The van der Waals surface area contributed by atoms with Gasteiger partial charge in [-0.3, -0.25) is 0 Å². The van der Waals surface area contributed by atoms with Gasteiger partial charge in [0.2, 0.25) is 0 Å². The topological polar surface area (TPSA) is 15.3 Å². The molecule has 0 aliphatic carbocycles. The number of hydrogen-bond acceptors (Lipinski definition) is 2. The maximum absolute atomic E-state index is 3.77. The van der Waals surface area contributed by atoms with Gasteiger partial charge in [-0.2, -0.15) is 0 Å². The summed E-state index contributed by atoms with van der Waals surface area (Å²) in [7, 11) is 2.23. The summed E-state index contributed by atoms with van der Waals surface area (Å²) < 4.78 is 0. The largest absolute Gasteiger partial charge is 0.310 e. The third kappa shape index (κ3) is 5.53. The molecule has 90 valence electrons. The molecule has 1 saturated heterocycles. The number of rotatable bonds is 6. The highest BCUT2D eigenvalue weighted by Crippen LogP contribution is 2.10. The van der Waals surface area contributed by atoms with E-state index in [4.69, 9.17) is 0 Å². The lowest BCUT2D eigenvalue weighted by Gasteiger charge is -2.32. The van der Waals surface area contributed by atoms with Gasteiger partial charge in [0.25, 0.3) is 0 Å². The van der Waals surface area contributed by atoms with Crippen LogP contribution in [0.4, 0.5) is 0 Å². The Balaban J connectivity index is 2.10.